The lowest BCUT2D eigenvalue weighted by atomic mass is 10.1. The molecule has 4 rings (SSSR count). The molecule has 0 atom stereocenters. The molecule has 0 saturated heterocycles. The Hall–Kier alpha value is -3.18. The highest BCUT2D eigenvalue weighted by atomic mass is 35.5. The van der Waals surface area contributed by atoms with Crippen LogP contribution in [0.2, 0.25) is 5.02 Å². The van der Waals surface area contributed by atoms with E-state index in [-0.39, 0.29) is 11.3 Å². The largest absolute Gasteiger partial charge is 0.423 e. The summed E-state index contributed by atoms with van der Waals surface area (Å²) in [6.45, 7) is 0. The van der Waals surface area contributed by atoms with Crippen molar-refractivity contribution in [3.05, 3.63) is 94.4 Å². The Kier molecular flexibility index (Phi) is 4.60. The van der Waals surface area contributed by atoms with Crippen molar-refractivity contribution in [1.82, 2.24) is 5.16 Å². The Labute approximate surface area is 159 Å². The summed E-state index contributed by atoms with van der Waals surface area (Å²) in [6.07, 6.45) is 0.582. The van der Waals surface area contributed by atoms with Gasteiger partial charge in [0.25, 0.3) is 0 Å². The quantitative estimate of drug-likeness (QED) is 0.349. The van der Waals surface area contributed by atoms with E-state index in [1.54, 1.807) is 24.3 Å². The average molecular weight is 382 g/mol. The van der Waals surface area contributed by atoms with Crippen LogP contribution >= 0.6 is 11.6 Å². The summed E-state index contributed by atoms with van der Waals surface area (Å²) in [6, 6.07) is 18.1. The van der Waals surface area contributed by atoms with Crippen LogP contribution in [-0.2, 0) is 6.42 Å². The van der Waals surface area contributed by atoms with Crippen molar-refractivity contribution in [1.29, 1.82) is 0 Å². The van der Waals surface area contributed by atoms with Gasteiger partial charge in [-0.05, 0) is 42.0 Å². The zero-order valence-electron chi connectivity index (χ0n) is 14.0. The number of fused-ring (bicyclic) bond motifs is 1. The summed E-state index contributed by atoms with van der Waals surface area (Å²) in [5.41, 5.74) is 2.17. The first kappa shape index (κ1) is 17.2. The van der Waals surface area contributed by atoms with Gasteiger partial charge in [0.15, 0.2) is 5.58 Å². The summed E-state index contributed by atoms with van der Waals surface area (Å²) in [5.74, 6) is -1.15. The number of esters is 1. The minimum Gasteiger partial charge on any atom is -0.423 e. The normalized spacial score (nSPS) is 10.9. The lowest BCUT2D eigenvalue weighted by molar-refractivity contribution is 0.0730. The molecule has 0 aliphatic heterocycles. The van der Waals surface area contributed by atoms with E-state index in [2.05, 4.69) is 5.16 Å². The number of hydrogen-bond acceptors (Lipinski definition) is 4. The number of halogens is 2. The summed E-state index contributed by atoms with van der Waals surface area (Å²) in [5, 5.41) is 5.58. The fourth-order valence-electron chi connectivity index (χ4n) is 2.75. The van der Waals surface area contributed by atoms with Crippen LogP contribution in [0.3, 0.4) is 0 Å². The SMILES string of the molecule is O=C(Oc1ccc2c(Cc3ccc(Cl)cc3)noc2c1)c1ccccc1F. The van der Waals surface area contributed by atoms with Crippen molar-refractivity contribution < 1.29 is 18.4 Å². The minimum absolute atomic E-state index is 0.126. The second-order valence-corrected chi connectivity index (χ2v) is 6.40. The Morgan fingerprint density at radius 3 is 2.63 bits per heavy atom. The van der Waals surface area contributed by atoms with Crippen molar-refractivity contribution in [2.24, 2.45) is 0 Å². The molecule has 1 aromatic heterocycles. The van der Waals surface area contributed by atoms with Gasteiger partial charge in [0, 0.05) is 22.9 Å². The second kappa shape index (κ2) is 7.21. The van der Waals surface area contributed by atoms with E-state index in [4.69, 9.17) is 20.9 Å². The van der Waals surface area contributed by atoms with Gasteiger partial charge in [0.05, 0.1) is 11.3 Å². The molecule has 0 bridgehead atoms. The molecule has 3 aromatic carbocycles. The predicted octanol–water partition coefficient (Wildman–Crippen LogP) is 5.43. The summed E-state index contributed by atoms with van der Waals surface area (Å²) >= 11 is 5.90. The maximum Gasteiger partial charge on any atom is 0.346 e. The molecule has 134 valence electrons. The van der Waals surface area contributed by atoms with Crippen LogP contribution in [-0.4, -0.2) is 11.1 Å². The first-order valence-corrected chi connectivity index (χ1v) is 8.57. The number of aromatic nitrogens is 1. The molecule has 4 nitrogen and oxygen atoms in total. The number of hydrogen-bond donors (Lipinski definition) is 0. The van der Waals surface area contributed by atoms with Gasteiger partial charge < -0.3 is 9.26 Å². The van der Waals surface area contributed by atoms with E-state index < -0.39 is 11.8 Å². The molecule has 0 fully saturated rings. The molecule has 4 aromatic rings. The number of carbonyl (C=O) groups is 1. The molecule has 0 amide bonds. The topological polar surface area (TPSA) is 52.3 Å². The van der Waals surface area contributed by atoms with Gasteiger partial charge in [-0.1, -0.05) is 41.0 Å². The van der Waals surface area contributed by atoms with Crippen LogP contribution in [0, 0.1) is 5.82 Å². The fourth-order valence-corrected chi connectivity index (χ4v) is 2.87. The van der Waals surface area contributed by atoms with Crippen molar-refractivity contribution in [2.75, 3.05) is 0 Å². The molecule has 27 heavy (non-hydrogen) atoms. The van der Waals surface area contributed by atoms with Crippen molar-refractivity contribution in [3.8, 4) is 5.75 Å². The van der Waals surface area contributed by atoms with Gasteiger partial charge in [-0.2, -0.15) is 0 Å². The molecule has 0 saturated carbocycles. The highest BCUT2D eigenvalue weighted by molar-refractivity contribution is 6.30. The molecule has 0 N–H and O–H groups in total. The van der Waals surface area contributed by atoms with E-state index in [9.17, 15) is 9.18 Å². The number of carbonyl (C=O) groups excluding carboxylic acids is 1. The van der Waals surface area contributed by atoms with E-state index >= 15 is 0 Å². The Morgan fingerprint density at radius 2 is 1.85 bits per heavy atom. The molecular weight excluding hydrogens is 369 g/mol. The zero-order valence-corrected chi connectivity index (χ0v) is 14.7. The van der Waals surface area contributed by atoms with Gasteiger partial charge in [0.2, 0.25) is 0 Å². The third-order valence-corrected chi connectivity index (χ3v) is 4.36. The van der Waals surface area contributed by atoms with Gasteiger partial charge in [0.1, 0.15) is 11.6 Å². The molecule has 0 aliphatic carbocycles. The lowest BCUT2D eigenvalue weighted by Gasteiger charge is -2.05. The summed E-state index contributed by atoms with van der Waals surface area (Å²) < 4.78 is 24.3. The Balaban J connectivity index is 1.56. The second-order valence-electron chi connectivity index (χ2n) is 5.96. The third-order valence-electron chi connectivity index (χ3n) is 4.11. The van der Waals surface area contributed by atoms with Crippen LogP contribution in [0.15, 0.2) is 71.3 Å². The molecule has 1 heterocycles. The lowest BCUT2D eigenvalue weighted by Crippen LogP contribution is -2.10. The van der Waals surface area contributed by atoms with Gasteiger partial charge in [-0.25, -0.2) is 9.18 Å². The van der Waals surface area contributed by atoms with E-state index in [0.717, 1.165) is 16.6 Å². The highest BCUT2D eigenvalue weighted by Gasteiger charge is 2.15. The zero-order chi connectivity index (χ0) is 18.8. The highest BCUT2D eigenvalue weighted by Crippen LogP contribution is 2.26. The van der Waals surface area contributed by atoms with E-state index in [1.807, 2.05) is 24.3 Å². The van der Waals surface area contributed by atoms with Gasteiger partial charge >= 0.3 is 5.97 Å². The standard InChI is InChI=1S/C21H13ClFNO3/c22-14-7-5-13(6-8-14)11-19-17-10-9-15(12-20(17)27-24-19)26-21(25)16-3-1-2-4-18(16)23/h1-10,12H,11H2. The van der Waals surface area contributed by atoms with Crippen molar-refractivity contribution in [2.45, 2.75) is 6.42 Å². The molecule has 0 unspecified atom stereocenters. The summed E-state index contributed by atoms with van der Waals surface area (Å²) in [4.78, 5) is 12.1. The van der Waals surface area contributed by atoms with Crippen LogP contribution < -0.4 is 4.74 Å². The monoisotopic (exact) mass is 381 g/mol. The molecule has 0 aliphatic rings. The fraction of sp³-hybridized carbons (Fsp3) is 0.0476. The maximum absolute atomic E-state index is 13.7. The predicted molar refractivity (Wildman–Crippen MR) is 99.6 cm³/mol. The smallest absolute Gasteiger partial charge is 0.346 e. The third kappa shape index (κ3) is 3.68. The average Bonchev–Trinajstić information content (AvgIpc) is 3.06. The number of nitrogens with zero attached hydrogens (tertiary/aromatic N) is 1. The first-order chi connectivity index (χ1) is 13.1. The first-order valence-electron chi connectivity index (χ1n) is 8.19. The molecule has 6 heteroatoms. The minimum atomic E-state index is -0.770. The Bertz CT molecular complexity index is 1120. The molecule has 0 radical (unpaired) electrons. The van der Waals surface area contributed by atoms with Crippen LogP contribution in [0.25, 0.3) is 11.0 Å². The maximum atomic E-state index is 13.7. The Morgan fingerprint density at radius 1 is 1.07 bits per heavy atom. The van der Waals surface area contributed by atoms with Gasteiger partial charge in [-0.3, -0.25) is 0 Å². The number of ether oxygens (including phenoxy) is 1. The molecular formula is C21H13ClFNO3. The van der Waals surface area contributed by atoms with Crippen LogP contribution in [0.5, 0.6) is 5.75 Å². The van der Waals surface area contributed by atoms with Crippen LogP contribution in [0.4, 0.5) is 4.39 Å². The number of benzene rings is 3. The van der Waals surface area contributed by atoms with E-state index in [0.29, 0.717) is 17.0 Å². The summed E-state index contributed by atoms with van der Waals surface area (Å²) in [7, 11) is 0. The molecule has 0 spiro atoms. The van der Waals surface area contributed by atoms with E-state index in [1.165, 1.54) is 18.2 Å². The van der Waals surface area contributed by atoms with Gasteiger partial charge in [-0.15, -0.1) is 0 Å². The van der Waals surface area contributed by atoms with Crippen molar-refractivity contribution in [3.63, 3.8) is 0 Å². The van der Waals surface area contributed by atoms with Crippen LogP contribution in [0.1, 0.15) is 21.6 Å². The van der Waals surface area contributed by atoms with Crippen molar-refractivity contribution >= 4 is 28.5 Å². The number of rotatable bonds is 4.